The van der Waals surface area contributed by atoms with Crippen molar-refractivity contribution in [1.29, 1.82) is 0 Å². The standard InChI is InChI=1S/C23H23NO2/c1-2-3-10-18(17-25)15-16-21-24-22(19-11-6-4-7-12-19)23(26-21)20-13-8-5-9-14-20/h2-9,11-14,17-18H,10,15-16H2,1H3/b3-2+. The van der Waals surface area contributed by atoms with Crippen LogP contribution in [0.4, 0.5) is 0 Å². The van der Waals surface area contributed by atoms with Crippen molar-refractivity contribution in [3.63, 3.8) is 0 Å². The summed E-state index contributed by atoms with van der Waals surface area (Å²) in [6, 6.07) is 20.1. The Morgan fingerprint density at radius 1 is 1.00 bits per heavy atom. The number of nitrogens with zero attached hydrogens (tertiary/aromatic N) is 1. The van der Waals surface area contributed by atoms with Gasteiger partial charge in [-0.05, 0) is 19.8 Å². The van der Waals surface area contributed by atoms with E-state index < -0.39 is 0 Å². The number of aryl methyl sites for hydroxylation is 1. The quantitative estimate of drug-likeness (QED) is 0.387. The van der Waals surface area contributed by atoms with Crippen molar-refractivity contribution in [2.24, 2.45) is 5.92 Å². The summed E-state index contributed by atoms with van der Waals surface area (Å²) < 4.78 is 6.11. The van der Waals surface area contributed by atoms with Gasteiger partial charge in [-0.3, -0.25) is 0 Å². The first-order chi connectivity index (χ1) is 12.8. The van der Waals surface area contributed by atoms with Gasteiger partial charge in [0, 0.05) is 23.5 Å². The molecule has 2 aromatic carbocycles. The molecule has 0 fully saturated rings. The Labute approximate surface area is 154 Å². The highest BCUT2D eigenvalue weighted by atomic mass is 16.4. The van der Waals surface area contributed by atoms with Crippen LogP contribution in [0.5, 0.6) is 0 Å². The highest BCUT2D eigenvalue weighted by molar-refractivity contribution is 5.76. The summed E-state index contributed by atoms with van der Waals surface area (Å²) in [5, 5.41) is 0. The van der Waals surface area contributed by atoms with Crippen LogP contribution >= 0.6 is 0 Å². The Hall–Kier alpha value is -2.94. The molecule has 1 heterocycles. The lowest BCUT2D eigenvalue weighted by atomic mass is 10.0. The second-order valence-corrected chi connectivity index (χ2v) is 6.26. The molecule has 1 unspecified atom stereocenters. The van der Waals surface area contributed by atoms with Gasteiger partial charge < -0.3 is 9.21 Å². The Bertz CT molecular complexity index is 793. The van der Waals surface area contributed by atoms with Crippen molar-refractivity contribution in [3.8, 4) is 22.6 Å². The number of oxazole rings is 1. The second kappa shape index (κ2) is 8.95. The lowest BCUT2D eigenvalue weighted by Gasteiger charge is -2.04. The van der Waals surface area contributed by atoms with Gasteiger partial charge in [0.2, 0.25) is 0 Å². The molecule has 0 amide bonds. The maximum absolute atomic E-state index is 11.3. The van der Waals surface area contributed by atoms with E-state index in [9.17, 15) is 4.79 Å². The monoisotopic (exact) mass is 345 g/mol. The SMILES string of the molecule is C/C=C/CC(C=O)CCc1nc(-c2ccccc2)c(-c2ccccc2)o1. The van der Waals surface area contributed by atoms with Crippen LogP contribution in [0, 0.1) is 5.92 Å². The second-order valence-electron chi connectivity index (χ2n) is 6.26. The molecule has 0 N–H and O–H groups in total. The Morgan fingerprint density at radius 3 is 2.27 bits per heavy atom. The van der Waals surface area contributed by atoms with Gasteiger partial charge in [0.1, 0.15) is 12.0 Å². The lowest BCUT2D eigenvalue weighted by Crippen LogP contribution is -2.02. The molecule has 0 aliphatic rings. The van der Waals surface area contributed by atoms with Gasteiger partial charge in [0.05, 0.1) is 0 Å². The van der Waals surface area contributed by atoms with Gasteiger partial charge in [-0.2, -0.15) is 0 Å². The predicted octanol–water partition coefficient (Wildman–Crippen LogP) is 5.72. The molecule has 0 saturated carbocycles. The molecular weight excluding hydrogens is 322 g/mol. The van der Waals surface area contributed by atoms with Crippen LogP contribution < -0.4 is 0 Å². The molecule has 3 heteroatoms. The number of aromatic nitrogens is 1. The molecule has 0 radical (unpaired) electrons. The average Bonchev–Trinajstić information content (AvgIpc) is 3.14. The third-order valence-electron chi connectivity index (χ3n) is 4.35. The molecule has 1 aromatic heterocycles. The van der Waals surface area contributed by atoms with E-state index in [0.29, 0.717) is 12.3 Å². The molecule has 0 aliphatic heterocycles. The topological polar surface area (TPSA) is 43.1 Å². The van der Waals surface area contributed by atoms with Crippen LogP contribution in [-0.4, -0.2) is 11.3 Å². The fourth-order valence-corrected chi connectivity index (χ4v) is 2.91. The molecule has 1 atom stereocenters. The van der Waals surface area contributed by atoms with Crippen LogP contribution in [-0.2, 0) is 11.2 Å². The first-order valence-corrected chi connectivity index (χ1v) is 8.98. The van der Waals surface area contributed by atoms with Crippen LogP contribution in [0.2, 0.25) is 0 Å². The maximum atomic E-state index is 11.3. The van der Waals surface area contributed by atoms with E-state index >= 15 is 0 Å². The zero-order valence-electron chi connectivity index (χ0n) is 15.0. The average molecular weight is 345 g/mol. The molecule has 0 spiro atoms. The van der Waals surface area contributed by atoms with Crippen LogP contribution in [0.3, 0.4) is 0 Å². The normalized spacial score (nSPS) is 12.3. The van der Waals surface area contributed by atoms with E-state index in [-0.39, 0.29) is 5.92 Å². The highest BCUT2D eigenvalue weighted by Gasteiger charge is 2.17. The minimum atomic E-state index is -0.00143. The van der Waals surface area contributed by atoms with E-state index in [1.54, 1.807) is 0 Å². The molecular formula is C23H23NO2. The molecule has 3 aromatic rings. The minimum absolute atomic E-state index is 0.00143. The van der Waals surface area contributed by atoms with Crippen LogP contribution in [0.25, 0.3) is 22.6 Å². The van der Waals surface area contributed by atoms with E-state index in [0.717, 1.165) is 41.7 Å². The third-order valence-corrected chi connectivity index (χ3v) is 4.35. The van der Waals surface area contributed by atoms with Crippen LogP contribution in [0.15, 0.2) is 77.2 Å². The number of benzene rings is 2. The van der Waals surface area contributed by atoms with Gasteiger partial charge in [-0.1, -0.05) is 72.8 Å². The van der Waals surface area contributed by atoms with Crippen molar-refractivity contribution >= 4 is 6.29 Å². The number of aldehydes is 1. The van der Waals surface area contributed by atoms with Gasteiger partial charge >= 0.3 is 0 Å². The number of hydrogen-bond acceptors (Lipinski definition) is 3. The molecule has 0 saturated heterocycles. The first kappa shape index (κ1) is 17.9. The zero-order valence-corrected chi connectivity index (χ0v) is 15.0. The smallest absolute Gasteiger partial charge is 0.195 e. The number of hydrogen-bond donors (Lipinski definition) is 0. The number of allylic oxidation sites excluding steroid dienone is 2. The molecule has 3 rings (SSSR count). The fraction of sp³-hybridized carbons (Fsp3) is 0.217. The van der Waals surface area contributed by atoms with Gasteiger partial charge in [0.15, 0.2) is 11.7 Å². The third kappa shape index (κ3) is 4.37. The Balaban J connectivity index is 1.88. The number of carbonyl (C=O) groups is 1. The van der Waals surface area contributed by atoms with E-state index in [1.165, 1.54) is 0 Å². The molecule has 3 nitrogen and oxygen atoms in total. The zero-order chi connectivity index (χ0) is 18.2. The Kier molecular flexibility index (Phi) is 6.15. The summed E-state index contributed by atoms with van der Waals surface area (Å²) in [6.07, 6.45) is 7.17. The number of rotatable bonds is 8. The van der Waals surface area contributed by atoms with Crippen molar-refractivity contribution in [2.75, 3.05) is 0 Å². The fourth-order valence-electron chi connectivity index (χ4n) is 2.91. The highest BCUT2D eigenvalue weighted by Crippen LogP contribution is 2.33. The van der Waals surface area contributed by atoms with E-state index in [4.69, 9.17) is 9.40 Å². The summed E-state index contributed by atoms with van der Waals surface area (Å²) in [4.78, 5) is 16.0. The first-order valence-electron chi connectivity index (χ1n) is 8.98. The van der Waals surface area contributed by atoms with Gasteiger partial charge in [-0.15, -0.1) is 0 Å². The lowest BCUT2D eigenvalue weighted by molar-refractivity contribution is -0.111. The Morgan fingerprint density at radius 2 is 1.65 bits per heavy atom. The van der Waals surface area contributed by atoms with Gasteiger partial charge in [0.25, 0.3) is 0 Å². The van der Waals surface area contributed by atoms with Gasteiger partial charge in [-0.25, -0.2) is 4.98 Å². The van der Waals surface area contributed by atoms with E-state index in [1.807, 2.05) is 79.7 Å². The summed E-state index contributed by atoms with van der Waals surface area (Å²) in [5.41, 5.74) is 2.89. The maximum Gasteiger partial charge on any atom is 0.195 e. The van der Waals surface area contributed by atoms with Crippen LogP contribution in [0.1, 0.15) is 25.7 Å². The summed E-state index contributed by atoms with van der Waals surface area (Å²) >= 11 is 0. The molecule has 0 aliphatic carbocycles. The summed E-state index contributed by atoms with van der Waals surface area (Å²) in [5.74, 6) is 1.45. The minimum Gasteiger partial charge on any atom is -0.440 e. The van der Waals surface area contributed by atoms with Crippen molar-refractivity contribution in [1.82, 2.24) is 4.98 Å². The summed E-state index contributed by atoms with van der Waals surface area (Å²) in [6.45, 7) is 1.97. The molecule has 26 heavy (non-hydrogen) atoms. The summed E-state index contributed by atoms with van der Waals surface area (Å²) in [7, 11) is 0. The van der Waals surface area contributed by atoms with Crippen molar-refractivity contribution < 1.29 is 9.21 Å². The molecule has 132 valence electrons. The molecule has 0 bridgehead atoms. The predicted molar refractivity (Wildman–Crippen MR) is 105 cm³/mol. The van der Waals surface area contributed by atoms with Crippen molar-refractivity contribution in [3.05, 3.63) is 78.7 Å². The van der Waals surface area contributed by atoms with E-state index in [2.05, 4.69) is 0 Å². The number of carbonyl (C=O) groups excluding carboxylic acids is 1. The van der Waals surface area contributed by atoms with Crippen molar-refractivity contribution in [2.45, 2.75) is 26.2 Å². The largest absolute Gasteiger partial charge is 0.440 e.